The molecule has 100 valence electrons. The number of hydrogen-bond donors (Lipinski definition) is 2. The van der Waals surface area contributed by atoms with Crippen molar-refractivity contribution in [2.24, 2.45) is 5.73 Å². The van der Waals surface area contributed by atoms with Gasteiger partial charge in [0.25, 0.3) is 0 Å². The molecule has 1 fully saturated rings. The maximum Gasteiger partial charge on any atom is 0.242 e. The fourth-order valence-corrected chi connectivity index (χ4v) is 2.82. The summed E-state index contributed by atoms with van der Waals surface area (Å²) in [7, 11) is 0. The van der Waals surface area contributed by atoms with Crippen molar-refractivity contribution in [2.75, 3.05) is 13.2 Å². The number of nitrogens with one attached hydrogen (secondary N) is 1. The molecule has 0 spiro atoms. The standard InChI is InChI=1S/C13H20N2O2S/c14-12(11-5-3-9-18-11)13(16)15-7-6-10-4-1-2-8-17-10/h3,5,9-10,12H,1-2,4,6-8,14H2,(H,15,16). The van der Waals surface area contributed by atoms with Crippen molar-refractivity contribution in [3.05, 3.63) is 22.4 Å². The van der Waals surface area contributed by atoms with Gasteiger partial charge in [0.15, 0.2) is 0 Å². The van der Waals surface area contributed by atoms with Gasteiger partial charge in [-0.25, -0.2) is 0 Å². The lowest BCUT2D eigenvalue weighted by molar-refractivity contribution is -0.122. The predicted molar refractivity (Wildman–Crippen MR) is 72.5 cm³/mol. The Morgan fingerprint density at radius 2 is 2.50 bits per heavy atom. The first-order valence-corrected chi connectivity index (χ1v) is 7.33. The molecule has 1 aromatic heterocycles. The van der Waals surface area contributed by atoms with Crippen LogP contribution in [0.15, 0.2) is 17.5 Å². The topological polar surface area (TPSA) is 64.4 Å². The molecule has 2 heterocycles. The second-order valence-corrected chi connectivity index (χ2v) is 5.54. The van der Waals surface area contributed by atoms with Gasteiger partial charge in [0.05, 0.1) is 6.10 Å². The van der Waals surface area contributed by atoms with E-state index in [1.54, 1.807) is 0 Å². The number of nitrogens with two attached hydrogens (primary N) is 1. The lowest BCUT2D eigenvalue weighted by Gasteiger charge is -2.22. The van der Waals surface area contributed by atoms with Gasteiger partial charge in [0.1, 0.15) is 6.04 Å². The number of thiophene rings is 1. The van der Waals surface area contributed by atoms with Crippen LogP contribution in [0.4, 0.5) is 0 Å². The van der Waals surface area contributed by atoms with E-state index in [1.165, 1.54) is 17.8 Å². The SMILES string of the molecule is NC(C(=O)NCCC1CCCCO1)c1cccs1. The molecule has 18 heavy (non-hydrogen) atoms. The molecule has 0 aliphatic carbocycles. The van der Waals surface area contributed by atoms with Crippen LogP contribution in [-0.2, 0) is 9.53 Å². The molecule has 5 heteroatoms. The van der Waals surface area contributed by atoms with E-state index in [2.05, 4.69) is 5.32 Å². The molecule has 0 radical (unpaired) electrons. The molecule has 2 atom stereocenters. The normalized spacial score (nSPS) is 21.5. The predicted octanol–water partition coefficient (Wildman–Crippen LogP) is 1.82. The van der Waals surface area contributed by atoms with Gasteiger partial charge in [0.2, 0.25) is 5.91 Å². The molecule has 1 aliphatic rings. The molecule has 0 bridgehead atoms. The van der Waals surface area contributed by atoms with E-state index in [9.17, 15) is 4.79 Å². The Kier molecular flexibility index (Phi) is 5.16. The number of carbonyl (C=O) groups excluding carboxylic acids is 1. The minimum atomic E-state index is -0.544. The molecule has 2 unspecified atom stereocenters. The van der Waals surface area contributed by atoms with Gasteiger partial charge in [-0.2, -0.15) is 0 Å². The molecular formula is C13H20N2O2S. The van der Waals surface area contributed by atoms with E-state index >= 15 is 0 Å². The van der Waals surface area contributed by atoms with Crippen LogP contribution in [0.2, 0.25) is 0 Å². The summed E-state index contributed by atoms with van der Waals surface area (Å²) in [6, 6.07) is 3.25. The van der Waals surface area contributed by atoms with Crippen LogP contribution >= 0.6 is 11.3 Å². The summed E-state index contributed by atoms with van der Waals surface area (Å²) >= 11 is 1.51. The first-order valence-electron chi connectivity index (χ1n) is 6.45. The van der Waals surface area contributed by atoms with E-state index in [1.807, 2.05) is 17.5 Å². The third-order valence-electron chi connectivity index (χ3n) is 3.17. The van der Waals surface area contributed by atoms with Crippen molar-refractivity contribution in [1.82, 2.24) is 5.32 Å². The quantitative estimate of drug-likeness (QED) is 0.856. The van der Waals surface area contributed by atoms with Gasteiger partial charge in [0, 0.05) is 18.0 Å². The summed E-state index contributed by atoms with van der Waals surface area (Å²) in [5, 5.41) is 4.81. The Morgan fingerprint density at radius 1 is 1.61 bits per heavy atom. The molecule has 4 nitrogen and oxygen atoms in total. The van der Waals surface area contributed by atoms with Crippen molar-refractivity contribution in [3.63, 3.8) is 0 Å². The highest BCUT2D eigenvalue weighted by molar-refractivity contribution is 7.10. The second-order valence-electron chi connectivity index (χ2n) is 4.56. The fourth-order valence-electron chi connectivity index (χ4n) is 2.10. The van der Waals surface area contributed by atoms with Crippen molar-refractivity contribution >= 4 is 17.2 Å². The van der Waals surface area contributed by atoms with Gasteiger partial charge in [-0.05, 0) is 37.1 Å². The summed E-state index contributed by atoms with van der Waals surface area (Å²) < 4.78 is 5.61. The van der Waals surface area contributed by atoms with Crippen molar-refractivity contribution in [3.8, 4) is 0 Å². The third kappa shape index (κ3) is 3.80. The Hall–Kier alpha value is -0.910. The highest BCUT2D eigenvalue weighted by Gasteiger charge is 2.17. The van der Waals surface area contributed by atoms with E-state index in [0.717, 1.165) is 30.7 Å². The van der Waals surface area contributed by atoms with Gasteiger partial charge < -0.3 is 15.8 Å². The average Bonchev–Trinajstić information content (AvgIpc) is 2.93. The maximum absolute atomic E-state index is 11.8. The van der Waals surface area contributed by atoms with Crippen LogP contribution in [0.3, 0.4) is 0 Å². The summed E-state index contributed by atoms with van der Waals surface area (Å²) in [5.41, 5.74) is 5.87. The van der Waals surface area contributed by atoms with E-state index in [-0.39, 0.29) is 5.91 Å². The minimum Gasteiger partial charge on any atom is -0.378 e. The van der Waals surface area contributed by atoms with Gasteiger partial charge in [-0.1, -0.05) is 6.07 Å². The average molecular weight is 268 g/mol. The number of amides is 1. The van der Waals surface area contributed by atoms with Crippen LogP contribution in [0, 0.1) is 0 Å². The van der Waals surface area contributed by atoms with Crippen molar-refractivity contribution in [1.29, 1.82) is 0 Å². The number of rotatable bonds is 5. The van der Waals surface area contributed by atoms with Crippen LogP contribution in [-0.4, -0.2) is 25.2 Å². The zero-order valence-corrected chi connectivity index (χ0v) is 11.2. The number of hydrogen-bond acceptors (Lipinski definition) is 4. The molecule has 3 N–H and O–H groups in total. The van der Waals surface area contributed by atoms with E-state index < -0.39 is 6.04 Å². The van der Waals surface area contributed by atoms with Crippen molar-refractivity contribution in [2.45, 2.75) is 37.8 Å². The highest BCUT2D eigenvalue weighted by atomic mass is 32.1. The largest absolute Gasteiger partial charge is 0.378 e. The number of carbonyl (C=O) groups is 1. The molecule has 0 aromatic carbocycles. The zero-order valence-electron chi connectivity index (χ0n) is 10.4. The second kappa shape index (κ2) is 6.87. The number of ether oxygens (including phenoxy) is 1. The molecule has 1 aromatic rings. The van der Waals surface area contributed by atoms with Crippen LogP contribution in [0.25, 0.3) is 0 Å². The summed E-state index contributed by atoms with van der Waals surface area (Å²) in [6.07, 6.45) is 4.67. The Balaban J connectivity index is 1.68. The van der Waals surface area contributed by atoms with Gasteiger partial charge in [-0.3, -0.25) is 4.79 Å². The van der Waals surface area contributed by atoms with Crippen LogP contribution in [0.1, 0.15) is 36.6 Å². The van der Waals surface area contributed by atoms with E-state index in [0.29, 0.717) is 12.6 Å². The highest BCUT2D eigenvalue weighted by Crippen LogP contribution is 2.17. The molecule has 1 amide bonds. The fraction of sp³-hybridized carbons (Fsp3) is 0.615. The molecular weight excluding hydrogens is 248 g/mol. The Morgan fingerprint density at radius 3 is 3.17 bits per heavy atom. The lowest BCUT2D eigenvalue weighted by atomic mass is 10.1. The zero-order chi connectivity index (χ0) is 12.8. The van der Waals surface area contributed by atoms with E-state index in [4.69, 9.17) is 10.5 Å². The van der Waals surface area contributed by atoms with Crippen LogP contribution < -0.4 is 11.1 Å². The molecule has 2 rings (SSSR count). The monoisotopic (exact) mass is 268 g/mol. The van der Waals surface area contributed by atoms with Crippen LogP contribution in [0.5, 0.6) is 0 Å². The summed E-state index contributed by atoms with van der Waals surface area (Å²) in [6.45, 7) is 1.50. The first kappa shape index (κ1) is 13.5. The molecule has 1 saturated heterocycles. The maximum atomic E-state index is 11.8. The third-order valence-corrected chi connectivity index (χ3v) is 4.13. The Labute approximate surface area is 112 Å². The summed E-state index contributed by atoms with van der Waals surface area (Å²) in [5.74, 6) is -0.103. The molecule has 1 aliphatic heterocycles. The summed E-state index contributed by atoms with van der Waals surface area (Å²) in [4.78, 5) is 12.7. The smallest absolute Gasteiger partial charge is 0.242 e. The first-order chi connectivity index (χ1) is 8.77. The lowest BCUT2D eigenvalue weighted by Crippen LogP contribution is -2.35. The Bertz CT molecular complexity index is 361. The van der Waals surface area contributed by atoms with Gasteiger partial charge in [-0.15, -0.1) is 11.3 Å². The van der Waals surface area contributed by atoms with Gasteiger partial charge >= 0.3 is 0 Å². The minimum absolute atomic E-state index is 0.103. The molecule has 0 saturated carbocycles. The van der Waals surface area contributed by atoms with Crippen molar-refractivity contribution < 1.29 is 9.53 Å².